The number of nitrogens with zero attached hydrogens (tertiary/aromatic N) is 2. The highest BCUT2D eigenvalue weighted by atomic mass is 15.0. The van der Waals surface area contributed by atoms with Crippen LogP contribution < -0.4 is 0 Å². The average Bonchev–Trinajstić information content (AvgIpc) is 3.57. The maximum atomic E-state index is 2.44. The molecule has 2 heterocycles. The maximum Gasteiger partial charge on any atom is 0.0544 e. The molecule has 0 radical (unpaired) electrons. The van der Waals surface area contributed by atoms with Crippen LogP contribution in [0.25, 0.3) is 55.0 Å². The Morgan fingerprint density at radius 3 is 1.14 bits per heavy atom. The molecule has 0 amide bonds. The first kappa shape index (κ1) is 25.4. The summed E-state index contributed by atoms with van der Waals surface area (Å²) in [6, 6.07) is 49.1. The van der Waals surface area contributed by atoms with E-state index < -0.39 is 0 Å². The van der Waals surface area contributed by atoms with Gasteiger partial charge in [-0.3, -0.25) is 0 Å². The van der Waals surface area contributed by atoms with Crippen LogP contribution in [0.5, 0.6) is 0 Å². The van der Waals surface area contributed by atoms with Gasteiger partial charge in [0.15, 0.2) is 0 Å². The molecule has 1 aliphatic carbocycles. The Hall–Kier alpha value is -5.08. The van der Waals surface area contributed by atoms with Gasteiger partial charge in [0.2, 0.25) is 0 Å². The standard InChI is InChI=1S/C42H34N2/c1-41(2)31-23-25-36-38(30-20-12-14-22-34(30)44(36)28-17-9-6-10-18-28)40(31)42(3,4)32-24-26-35-37(39(32)41)29-19-11-13-21-33(29)43(35)27-15-7-5-8-16-27/h5-26H,1-4H3. The van der Waals surface area contributed by atoms with Crippen molar-refractivity contribution < 1.29 is 0 Å². The van der Waals surface area contributed by atoms with Crippen molar-refractivity contribution in [2.45, 2.75) is 38.5 Å². The molecule has 0 saturated heterocycles. The van der Waals surface area contributed by atoms with Gasteiger partial charge in [0, 0.05) is 43.7 Å². The average molecular weight is 567 g/mol. The molecule has 2 nitrogen and oxygen atoms in total. The van der Waals surface area contributed by atoms with Crippen LogP contribution in [0.4, 0.5) is 0 Å². The van der Waals surface area contributed by atoms with E-state index in [1.54, 1.807) is 0 Å². The number of hydrogen-bond donors (Lipinski definition) is 0. The summed E-state index contributed by atoms with van der Waals surface area (Å²) in [4.78, 5) is 0. The quantitative estimate of drug-likeness (QED) is 0.197. The summed E-state index contributed by atoms with van der Waals surface area (Å²) >= 11 is 0. The van der Waals surface area contributed by atoms with Crippen molar-refractivity contribution in [3.63, 3.8) is 0 Å². The Kier molecular flexibility index (Phi) is 5.05. The molecule has 8 aromatic rings. The van der Waals surface area contributed by atoms with E-state index in [0.717, 1.165) is 0 Å². The molecule has 0 saturated carbocycles. The van der Waals surface area contributed by atoms with Gasteiger partial charge < -0.3 is 9.13 Å². The molecule has 1 aliphatic rings. The first-order chi connectivity index (χ1) is 21.4. The molecule has 9 rings (SSSR count). The summed E-state index contributed by atoms with van der Waals surface area (Å²) in [6.07, 6.45) is 0. The Balaban J connectivity index is 1.42. The highest BCUT2D eigenvalue weighted by Gasteiger charge is 2.45. The van der Waals surface area contributed by atoms with E-state index >= 15 is 0 Å². The fraction of sp³-hybridized carbons (Fsp3) is 0.143. The summed E-state index contributed by atoms with van der Waals surface area (Å²) in [6.45, 7) is 9.76. The molecule has 0 atom stereocenters. The Morgan fingerprint density at radius 1 is 0.364 bits per heavy atom. The maximum absolute atomic E-state index is 2.44. The second kappa shape index (κ2) is 8.74. The summed E-state index contributed by atoms with van der Waals surface area (Å²) < 4.78 is 4.89. The third-order valence-corrected chi connectivity index (χ3v) is 10.3. The zero-order chi connectivity index (χ0) is 29.8. The molecule has 0 unspecified atom stereocenters. The number of fused-ring (bicyclic) bond motifs is 10. The van der Waals surface area contributed by atoms with Gasteiger partial charge in [-0.15, -0.1) is 0 Å². The van der Waals surface area contributed by atoms with Gasteiger partial charge >= 0.3 is 0 Å². The molecule has 0 bridgehead atoms. The zero-order valence-electron chi connectivity index (χ0n) is 25.6. The summed E-state index contributed by atoms with van der Waals surface area (Å²) in [5.41, 5.74) is 12.7. The number of aromatic nitrogens is 2. The van der Waals surface area contributed by atoms with Crippen LogP contribution in [0.15, 0.2) is 133 Å². The smallest absolute Gasteiger partial charge is 0.0544 e. The lowest BCUT2D eigenvalue weighted by Gasteiger charge is -2.45. The van der Waals surface area contributed by atoms with Crippen molar-refractivity contribution in [1.82, 2.24) is 9.13 Å². The SMILES string of the molecule is CC1(C)c2ccc3c(c2C(C)(C)c2ccc4c(c21)c1ccccc1n4-c1ccccc1)c1ccccc1n3-c1ccccc1. The van der Waals surface area contributed by atoms with Gasteiger partial charge in [-0.25, -0.2) is 0 Å². The van der Waals surface area contributed by atoms with Crippen molar-refractivity contribution in [2.24, 2.45) is 0 Å². The first-order valence-corrected chi connectivity index (χ1v) is 15.6. The molecule has 2 heteroatoms. The Labute approximate surface area is 257 Å². The molecule has 2 aromatic heterocycles. The molecule has 0 fully saturated rings. The molecule has 0 aliphatic heterocycles. The zero-order valence-corrected chi connectivity index (χ0v) is 25.6. The summed E-state index contributed by atoms with van der Waals surface area (Å²) in [5.74, 6) is 0. The minimum atomic E-state index is -0.213. The predicted molar refractivity (Wildman–Crippen MR) is 186 cm³/mol. The van der Waals surface area contributed by atoms with E-state index in [9.17, 15) is 0 Å². The van der Waals surface area contributed by atoms with Gasteiger partial charge in [0.05, 0.1) is 22.1 Å². The molecule has 0 spiro atoms. The number of rotatable bonds is 2. The van der Waals surface area contributed by atoms with Crippen molar-refractivity contribution in [2.75, 3.05) is 0 Å². The Morgan fingerprint density at radius 2 is 0.727 bits per heavy atom. The highest BCUT2D eigenvalue weighted by Crippen LogP contribution is 2.56. The van der Waals surface area contributed by atoms with Crippen LogP contribution in [0.3, 0.4) is 0 Å². The highest BCUT2D eigenvalue weighted by molar-refractivity contribution is 6.15. The normalized spacial score (nSPS) is 15.2. The van der Waals surface area contributed by atoms with Crippen molar-refractivity contribution >= 4 is 43.6 Å². The minimum absolute atomic E-state index is 0.213. The van der Waals surface area contributed by atoms with E-state index in [0.29, 0.717) is 0 Å². The van der Waals surface area contributed by atoms with E-state index in [-0.39, 0.29) is 10.8 Å². The molecule has 0 N–H and O–H groups in total. The fourth-order valence-corrected chi connectivity index (χ4v) is 8.44. The van der Waals surface area contributed by atoms with E-state index in [1.807, 2.05) is 0 Å². The van der Waals surface area contributed by atoms with E-state index in [4.69, 9.17) is 0 Å². The predicted octanol–water partition coefficient (Wildman–Crippen LogP) is 10.8. The summed E-state index contributed by atoms with van der Waals surface area (Å²) in [5, 5.41) is 5.38. The third kappa shape index (κ3) is 3.15. The van der Waals surface area contributed by atoms with Gasteiger partial charge in [-0.2, -0.15) is 0 Å². The van der Waals surface area contributed by atoms with Gasteiger partial charge in [0.1, 0.15) is 0 Å². The molecular weight excluding hydrogens is 532 g/mol. The van der Waals surface area contributed by atoms with Crippen LogP contribution in [0.1, 0.15) is 49.9 Å². The first-order valence-electron chi connectivity index (χ1n) is 15.6. The topological polar surface area (TPSA) is 9.86 Å². The molecule has 44 heavy (non-hydrogen) atoms. The van der Waals surface area contributed by atoms with Crippen LogP contribution in [-0.4, -0.2) is 9.13 Å². The van der Waals surface area contributed by atoms with E-state index in [1.165, 1.54) is 77.2 Å². The van der Waals surface area contributed by atoms with Crippen LogP contribution in [0, 0.1) is 0 Å². The largest absolute Gasteiger partial charge is 0.309 e. The van der Waals surface area contributed by atoms with Crippen LogP contribution in [0.2, 0.25) is 0 Å². The molecule has 212 valence electrons. The lowest BCUT2D eigenvalue weighted by molar-refractivity contribution is 0.529. The number of para-hydroxylation sites is 4. The molecular formula is C42H34N2. The van der Waals surface area contributed by atoms with Gasteiger partial charge in [-0.05, 0) is 70.8 Å². The summed E-state index contributed by atoms with van der Waals surface area (Å²) in [7, 11) is 0. The van der Waals surface area contributed by atoms with E-state index in [2.05, 4.69) is 170 Å². The van der Waals surface area contributed by atoms with Gasteiger partial charge in [-0.1, -0.05) is 113 Å². The second-order valence-corrected chi connectivity index (χ2v) is 13.4. The lowest BCUT2D eigenvalue weighted by Crippen LogP contribution is -2.37. The Bertz CT molecular complexity index is 2240. The van der Waals surface area contributed by atoms with Gasteiger partial charge in [0.25, 0.3) is 0 Å². The number of hydrogen-bond acceptors (Lipinski definition) is 0. The van der Waals surface area contributed by atoms with Crippen LogP contribution >= 0.6 is 0 Å². The van der Waals surface area contributed by atoms with Crippen molar-refractivity contribution in [3.05, 3.63) is 156 Å². The minimum Gasteiger partial charge on any atom is -0.309 e. The molecule has 6 aromatic carbocycles. The monoisotopic (exact) mass is 566 g/mol. The van der Waals surface area contributed by atoms with Crippen molar-refractivity contribution in [3.8, 4) is 11.4 Å². The third-order valence-electron chi connectivity index (χ3n) is 10.3. The lowest BCUT2D eigenvalue weighted by atomic mass is 9.58. The van der Waals surface area contributed by atoms with Crippen LogP contribution in [-0.2, 0) is 10.8 Å². The number of benzene rings is 6. The second-order valence-electron chi connectivity index (χ2n) is 13.4. The fourth-order valence-electron chi connectivity index (χ4n) is 8.44. The van der Waals surface area contributed by atoms with Crippen molar-refractivity contribution in [1.29, 1.82) is 0 Å².